The number of hydrogen-bond acceptors (Lipinski definition) is 2. The van der Waals surface area contributed by atoms with Crippen molar-refractivity contribution in [3.8, 4) is 0 Å². The van der Waals surface area contributed by atoms with E-state index >= 15 is 0 Å². The van der Waals surface area contributed by atoms with Gasteiger partial charge in [-0.25, -0.2) is 0 Å². The lowest BCUT2D eigenvalue weighted by Crippen LogP contribution is -2.35. The Kier molecular flexibility index (Phi) is 8.06. The highest BCUT2D eigenvalue weighted by molar-refractivity contribution is 5.66. The van der Waals surface area contributed by atoms with Crippen LogP contribution in [0.3, 0.4) is 0 Å². The molecule has 0 aliphatic rings. The van der Waals surface area contributed by atoms with Gasteiger partial charge in [-0.3, -0.25) is 4.79 Å². The quantitative estimate of drug-likeness (QED) is 0.690. The molecule has 0 aliphatic carbocycles. The van der Waals surface area contributed by atoms with Crippen LogP contribution in [0, 0.1) is 11.8 Å². The number of aliphatic carboxylic acids is 1. The van der Waals surface area contributed by atoms with Crippen molar-refractivity contribution in [2.45, 2.75) is 52.5 Å². The number of rotatable bonds is 10. The number of benzene rings is 1. The lowest BCUT2D eigenvalue weighted by Gasteiger charge is -2.22. The number of carboxylic acids is 1. The van der Waals surface area contributed by atoms with Crippen molar-refractivity contribution in [2.75, 3.05) is 6.54 Å². The smallest absolute Gasteiger partial charge is 0.303 e. The Morgan fingerprint density at radius 3 is 2.43 bits per heavy atom. The van der Waals surface area contributed by atoms with E-state index in [0.717, 1.165) is 13.0 Å². The van der Waals surface area contributed by atoms with Crippen molar-refractivity contribution in [2.24, 2.45) is 11.8 Å². The molecule has 2 unspecified atom stereocenters. The second-order valence-corrected chi connectivity index (χ2v) is 6.46. The van der Waals surface area contributed by atoms with Gasteiger partial charge < -0.3 is 10.4 Å². The zero-order valence-electron chi connectivity index (χ0n) is 13.5. The van der Waals surface area contributed by atoms with Crippen molar-refractivity contribution in [3.05, 3.63) is 35.9 Å². The molecule has 21 heavy (non-hydrogen) atoms. The lowest BCUT2D eigenvalue weighted by molar-refractivity contribution is -0.137. The monoisotopic (exact) mass is 291 g/mol. The van der Waals surface area contributed by atoms with Gasteiger partial charge in [0, 0.05) is 12.5 Å². The highest BCUT2D eigenvalue weighted by Crippen LogP contribution is 2.12. The van der Waals surface area contributed by atoms with Crippen LogP contribution in [0.2, 0.25) is 0 Å². The number of carboxylic acid groups (broad SMARTS) is 1. The molecular formula is C18H29NO2. The molecule has 1 aromatic rings. The normalized spacial score (nSPS) is 14.1. The fourth-order valence-electron chi connectivity index (χ4n) is 2.73. The Bertz CT molecular complexity index is 403. The fraction of sp³-hybridized carbons (Fsp3) is 0.611. The molecule has 0 amide bonds. The second-order valence-electron chi connectivity index (χ2n) is 6.46. The highest BCUT2D eigenvalue weighted by Gasteiger charge is 2.13. The number of carbonyl (C=O) groups is 1. The van der Waals surface area contributed by atoms with Gasteiger partial charge in [0.1, 0.15) is 0 Å². The van der Waals surface area contributed by atoms with Crippen molar-refractivity contribution in [1.29, 1.82) is 0 Å². The Morgan fingerprint density at radius 1 is 1.19 bits per heavy atom. The van der Waals surface area contributed by atoms with Gasteiger partial charge in [0.15, 0.2) is 0 Å². The van der Waals surface area contributed by atoms with Crippen LogP contribution in [0.15, 0.2) is 30.3 Å². The van der Waals surface area contributed by atoms with Crippen LogP contribution in [0.25, 0.3) is 0 Å². The van der Waals surface area contributed by atoms with E-state index in [4.69, 9.17) is 5.11 Å². The summed E-state index contributed by atoms with van der Waals surface area (Å²) in [4.78, 5) is 10.8. The van der Waals surface area contributed by atoms with E-state index in [9.17, 15) is 4.79 Å². The number of hydrogen-bond donors (Lipinski definition) is 2. The molecular weight excluding hydrogens is 262 g/mol. The van der Waals surface area contributed by atoms with E-state index in [-0.39, 0.29) is 12.5 Å². The third kappa shape index (κ3) is 8.51. The Balaban J connectivity index is 2.49. The maximum atomic E-state index is 10.8. The zero-order chi connectivity index (χ0) is 15.7. The summed E-state index contributed by atoms with van der Waals surface area (Å²) in [5.74, 6) is 0.603. The molecule has 3 nitrogen and oxygen atoms in total. The van der Waals surface area contributed by atoms with Crippen molar-refractivity contribution in [1.82, 2.24) is 5.32 Å². The minimum atomic E-state index is -0.718. The molecule has 1 aromatic carbocycles. The minimum Gasteiger partial charge on any atom is -0.481 e. The molecule has 2 N–H and O–H groups in total. The fourth-order valence-corrected chi connectivity index (χ4v) is 2.73. The summed E-state index contributed by atoms with van der Waals surface area (Å²) in [6.45, 7) is 7.68. The van der Waals surface area contributed by atoms with Crippen molar-refractivity contribution >= 4 is 5.97 Å². The van der Waals surface area contributed by atoms with E-state index in [1.54, 1.807) is 0 Å². The summed E-state index contributed by atoms with van der Waals surface area (Å²) in [5, 5.41) is 12.5. The average Bonchev–Trinajstić information content (AvgIpc) is 2.42. The molecule has 0 saturated carbocycles. The van der Waals surface area contributed by atoms with E-state index < -0.39 is 5.97 Å². The van der Waals surface area contributed by atoms with Crippen LogP contribution in [-0.2, 0) is 11.2 Å². The van der Waals surface area contributed by atoms with Crippen LogP contribution in [0.1, 0.15) is 45.6 Å². The van der Waals surface area contributed by atoms with E-state index in [2.05, 4.69) is 38.2 Å². The first-order valence-corrected chi connectivity index (χ1v) is 7.96. The first-order valence-electron chi connectivity index (χ1n) is 7.96. The lowest BCUT2D eigenvalue weighted by atomic mass is 9.97. The van der Waals surface area contributed by atoms with E-state index in [1.807, 2.05) is 18.2 Å². The molecule has 0 aromatic heterocycles. The van der Waals surface area contributed by atoms with Gasteiger partial charge >= 0.3 is 5.97 Å². The minimum absolute atomic E-state index is 0.225. The van der Waals surface area contributed by atoms with Crippen LogP contribution in [0.4, 0.5) is 0 Å². The van der Waals surface area contributed by atoms with Gasteiger partial charge in [0.05, 0.1) is 0 Å². The second kappa shape index (κ2) is 9.56. The van der Waals surface area contributed by atoms with Gasteiger partial charge in [0.25, 0.3) is 0 Å². The summed E-state index contributed by atoms with van der Waals surface area (Å²) in [6.07, 6.45) is 2.99. The summed E-state index contributed by atoms with van der Waals surface area (Å²) < 4.78 is 0. The topological polar surface area (TPSA) is 49.3 Å². The average molecular weight is 291 g/mol. The Hall–Kier alpha value is -1.35. The summed E-state index contributed by atoms with van der Waals surface area (Å²) in [7, 11) is 0. The van der Waals surface area contributed by atoms with E-state index in [1.165, 1.54) is 12.0 Å². The van der Waals surface area contributed by atoms with E-state index in [0.29, 0.717) is 18.3 Å². The molecule has 0 bridgehead atoms. The summed E-state index contributed by atoms with van der Waals surface area (Å²) in [5.41, 5.74) is 1.26. The molecule has 3 heteroatoms. The first-order chi connectivity index (χ1) is 9.97. The molecule has 0 spiro atoms. The molecule has 1 rings (SSSR count). The van der Waals surface area contributed by atoms with Crippen LogP contribution < -0.4 is 5.32 Å². The molecule has 118 valence electrons. The van der Waals surface area contributed by atoms with Gasteiger partial charge in [-0.1, -0.05) is 51.1 Å². The van der Waals surface area contributed by atoms with Crippen molar-refractivity contribution in [3.63, 3.8) is 0 Å². The molecule has 0 fully saturated rings. The third-order valence-corrected chi connectivity index (χ3v) is 3.66. The standard InChI is InChI=1S/C18H29NO2/c1-14(2)11-15(3)13-19-17(9-10-18(20)21)12-16-7-5-4-6-8-16/h4-8,14-15,17,19H,9-13H2,1-3H3,(H,20,21). The maximum absolute atomic E-state index is 10.8. The molecule has 2 atom stereocenters. The molecule has 0 saturated heterocycles. The maximum Gasteiger partial charge on any atom is 0.303 e. The molecule has 0 heterocycles. The summed E-state index contributed by atoms with van der Waals surface area (Å²) >= 11 is 0. The third-order valence-electron chi connectivity index (χ3n) is 3.66. The van der Waals surface area contributed by atoms with Gasteiger partial charge in [0.2, 0.25) is 0 Å². The first kappa shape index (κ1) is 17.7. The molecule has 0 aliphatic heterocycles. The predicted molar refractivity (Wildman–Crippen MR) is 87.4 cm³/mol. The zero-order valence-corrected chi connectivity index (χ0v) is 13.5. The van der Waals surface area contributed by atoms with Gasteiger partial charge in [-0.05, 0) is 43.2 Å². The Morgan fingerprint density at radius 2 is 1.86 bits per heavy atom. The van der Waals surface area contributed by atoms with Crippen LogP contribution in [0.5, 0.6) is 0 Å². The SMILES string of the molecule is CC(C)CC(C)CNC(CCC(=O)O)Cc1ccccc1. The van der Waals surface area contributed by atoms with Crippen LogP contribution >= 0.6 is 0 Å². The highest BCUT2D eigenvalue weighted by atomic mass is 16.4. The van der Waals surface area contributed by atoms with Gasteiger partial charge in [-0.15, -0.1) is 0 Å². The predicted octanol–water partition coefficient (Wildman–Crippen LogP) is 3.73. The summed E-state index contributed by atoms with van der Waals surface area (Å²) in [6, 6.07) is 10.5. The van der Waals surface area contributed by atoms with Crippen molar-refractivity contribution < 1.29 is 9.90 Å². The van der Waals surface area contributed by atoms with Crippen LogP contribution in [-0.4, -0.2) is 23.7 Å². The largest absolute Gasteiger partial charge is 0.481 e. The number of nitrogens with one attached hydrogen (secondary N) is 1. The Labute approximate surface area is 128 Å². The molecule has 0 radical (unpaired) electrons. The van der Waals surface area contributed by atoms with Gasteiger partial charge in [-0.2, -0.15) is 0 Å².